The molecule has 122 valence electrons. The fourth-order valence-electron chi connectivity index (χ4n) is 1.40. The van der Waals surface area contributed by atoms with Crippen molar-refractivity contribution in [2.75, 3.05) is 65.9 Å². The minimum Gasteiger partial charge on any atom is -0.379 e. The standard InChI is InChI=1S/C15H33NO4/c1-4-16-6-8-18-10-12-20-14-13-19-11-9-17-7-5-15(2)3/h15-16H,4-14H2,1-3H3. The monoisotopic (exact) mass is 291 g/mol. The molecule has 0 rings (SSSR count). The largest absolute Gasteiger partial charge is 0.379 e. The van der Waals surface area contributed by atoms with E-state index in [0.717, 1.165) is 32.7 Å². The van der Waals surface area contributed by atoms with Gasteiger partial charge in [0.2, 0.25) is 0 Å². The van der Waals surface area contributed by atoms with Crippen LogP contribution in [0.3, 0.4) is 0 Å². The van der Waals surface area contributed by atoms with Gasteiger partial charge in [0.15, 0.2) is 0 Å². The van der Waals surface area contributed by atoms with E-state index in [2.05, 4.69) is 26.1 Å². The van der Waals surface area contributed by atoms with Crippen LogP contribution in [0.5, 0.6) is 0 Å². The number of likely N-dealkylation sites (N-methyl/N-ethyl adjacent to an activating group) is 1. The Morgan fingerprint density at radius 2 is 1.15 bits per heavy atom. The van der Waals surface area contributed by atoms with Crippen LogP contribution in [-0.4, -0.2) is 65.9 Å². The smallest absolute Gasteiger partial charge is 0.0701 e. The summed E-state index contributed by atoms with van der Waals surface area (Å²) in [6, 6.07) is 0. The molecule has 0 saturated heterocycles. The Hall–Kier alpha value is -0.200. The van der Waals surface area contributed by atoms with Crippen LogP contribution in [0.4, 0.5) is 0 Å². The van der Waals surface area contributed by atoms with E-state index in [9.17, 15) is 0 Å². The van der Waals surface area contributed by atoms with Crippen LogP contribution < -0.4 is 5.32 Å². The number of nitrogens with one attached hydrogen (secondary N) is 1. The second-order valence-electron chi connectivity index (χ2n) is 4.99. The molecule has 0 atom stereocenters. The first kappa shape index (κ1) is 19.8. The van der Waals surface area contributed by atoms with E-state index in [0.29, 0.717) is 45.6 Å². The van der Waals surface area contributed by atoms with Crippen LogP contribution in [0.25, 0.3) is 0 Å². The van der Waals surface area contributed by atoms with E-state index in [1.165, 1.54) is 0 Å². The van der Waals surface area contributed by atoms with Crippen LogP contribution in [0.2, 0.25) is 0 Å². The number of ether oxygens (including phenoxy) is 4. The van der Waals surface area contributed by atoms with Crippen molar-refractivity contribution >= 4 is 0 Å². The fourth-order valence-corrected chi connectivity index (χ4v) is 1.40. The first-order chi connectivity index (χ1) is 9.77. The Morgan fingerprint density at radius 3 is 1.60 bits per heavy atom. The molecule has 0 saturated carbocycles. The summed E-state index contributed by atoms with van der Waals surface area (Å²) in [5.74, 6) is 0.698. The highest BCUT2D eigenvalue weighted by atomic mass is 16.6. The highest BCUT2D eigenvalue weighted by Gasteiger charge is 1.95. The van der Waals surface area contributed by atoms with Crippen molar-refractivity contribution in [3.05, 3.63) is 0 Å². The zero-order chi connectivity index (χ0) is 14.9. The minimum absolute atomic E-state index is 0.614. The van der Waals surface area contributed by atoms with Crippen molar-refractivity contribution < 1.29 is 18.9 Å². The lowest BCUT2D eigenvalue weighted by atomic mass is 10.1. The van der Waals surface area contributed by atoms with E-state index in [1.807, 2.05) is 0 Å². The molecule has 0 amide bonds. The maximum Gasteiger partial charge on any atom is 0.0701 e. The van der Waals surface area contributed by atoms with Gasteiger partial charge >= 0.3 is 0 Å². The second-order valence-corrected chi connectivity index (χ2v) is 4.99. The van der Waals surface area contributed by atoms with E-state index in [1.54, 1.807) is 0 Å². The van der Waals surface area contributed by atoms with Gasteiger partial charge in [0.1, 0.15) is 0 Å². The van der Waals surface area contributed by atoms with Crippen molar-refractivity contribution in [3.8, 4) is 0 Å². The SMILES string of the molecule is CCNCCOCCOCCOCCOCCC(C)C. The molecular formula is C15H33NO4. The summed E-state index contributed by atoms with van der Waals surface area (Å²) >= 11 is 0. The van der Waals surface area contributed by atoms with Gasteiger partial charge in [-0.2, -0.15) is 0 Å². The van der Waals surface area contributed by atoms with Crippen LogP contribution in [-0.2, 0) is 18.9 Å². The summed E-state index contributed by atoms with van der Waals surface area (Å²) in [5, 5.41) is 3.20. The highest BCUT2D eigenvalue weighted by Crippen LogP contribution is 1.98. The average molecular weight is 291 g/mol. The summed E-state index contributed by atoms with van der Waals surface area (Å²) < 4.78 is 21.6. The molecule has 0 bridgehead atoms. The molecule has 1 N–H and O–H groups in total. The predicted molar refractivity (Wildman–Crippen MR) is 81.3 cm³/mol. The van der Waals surface area contributed by atoms with Crippen molar-refractivity contribution in [1.82, 2.24) is 5.32 Å². The summed E-state index contributed by atoms with van der Waals surface area (Å²) in [7, 11) is 0. The first-order valence-corrected chi connectivity index (χ1v) is 7.79. The Bertz CT molecular complexity index is 179. The molecule has 20 heavy (non-hydrogen) atoms. The molecule has 0 unspecified atom stereocenters. The van der Waals surface area contributed by atoms with Gasteiger partial charge in [-0.1, -0.05) is 20.8 Å². The number of hydrogen-bond acceptors (Lipinski definition) is 5. The molecular weight excluding hydrogens is 258 g/mol. The van der Waals surface area contributed by atoms with Crippen molar-refractivity contribution in [1.29, 1.82) is 0 Å². The van der Waals surface area contributed by atoms with Crippen LogP contribution in [0.15, 0.2) is 0 Å². The molecule has 0 radical (unpaired) electrons. The predicted octanol–water partition coefficient (Wildman–Crippen LogP) is 1.71. The molecule has 0 aromatic rings. The molecule has 0 aliphatic carbocycles. The Labute approximate surface area is 124 Å². The van der Waals surface area contributed by atoms with Gasteiger partial charge in [0, 0.05) is 13.2 Å². The summed E-state index contributed by atoms with van der Waals surface area (Å²) in [5.41, 5.74) is 0. The maximum atomic E-state index is 5.44. The quantitative estimate of drug-likeness (QED) is 0.439. The molecule has 0 aromatic carbocycles. The number of hydrogen-bond donors (Lipinski definition) is 1. The number of rotatable bonds is 16. The zero-order valence-corrected chi connectivity index (χ0v) is 13.5. The Morgan fingerprint density at radius 1 is 0.700 bits per heavy atom. The third-order valence-electron chi connectivity index (χ3n) is 2.63. The maximum absolute atomic E-state index is 5.44. The van der Waals surface area contributed by atoms with Crippen molar-refractivity contribution in [2.24, 2.45) is 5.92 Å². The zero-order valence-electron chi connectivity index (χ0n) is 13.5. The Balaban J connectivity index is 2.92. The lowest BCUT2D eigenvalue weighted by Crippen LogP contribution is -2.20. The van der Waals surface area contributed by atoms with Gasteiger partial charge in [0.25, 0.3) is 0 Å². The van der Waals surface area contributed by atoms with Crippen molar-refractivity contribution in [3.63, 3.8) is 0 Å². The third-order valence-corrected chi connectivity index (χ3v) is 2.63. The fraction of sp³-hybridized carbons (Fsp3) is 1.00. The first-order valence-electron chi connectivity index (χ1n) is 7.79. The van der Waals surface area contributed by atoms with Gasteiger partial charge in [-0.25, -0.2) is 0 Å². The highest BCUT2D eigenvalue weighted by molar-refractivity contribution is 4.43. The lowest BCUT2D eigenvalue weighted by Gasteiger charge is -2.08. The molecule has 5 heteroatoms. The van der Waals surface area contributed by atoms with Crippen molar-refractivity contribution in [2.45, 2.75) is 27.2 Å². The molecule has 0 aromatic heterocycles. The van der Waals surface area contributed by atoms with Gasteiger partial charge in [-0.15, -0.1) is 0 Å². The summed E-state index contributed by atoms with van der Waals surface area (Å²) in [6.45, 7) is 13.7. The summed E-state index contributed by atoms with van der Waals surface area (Å²) in [6.07, 6.45) is 1.11. The van der Waals surface area contributed by atoms with Gasteiger partial charge < -0.3 is 24.3 Å². The minimum atomic E-state index is 0.614. The second kappa shape index (κ2) is 16.9. The lowest BCUT2D eigenvalue weighted by molar-refractivity contribution is -0.00235. The van der Waals surface area contributed by atoms with Gasteiger partial charge in [-0.3, -0.25) is 0 Å². The average Bonchev–Trinajstić information content (AvgIpc) is 2.43. The van der Waals surface area contributed by atoms with Crippen LogP contribution in [0.1, 0.15) is 27.2 Å². The van der Waals surface area contributed by atoms with Crippen LogP contribution >= 0.6 is 0 Å². The topological polar surface area (TPSA) is 49.0 Å². The Kier molecular flexibility index (Phi) is 16.7. The van der Waals surface area contributed by atoms with Crippen LogP contribution in [0, 0.1) is 5.92 Å². The molecule has 0 spiro atoms. The van der Waals surface area contributed by atoms with E-state index in [-0.39, 0.29) is 0 Å². The van der Waals surface area contributed by atoms with E-state index < -0.39 is 0 Å². The van der Waals surface area contributed by atoms with Gasteiger partial charge in [-0.05, 0) is 18.9 Å². The molecule has 0 heterocycles. The summed E-state index contributed by atoms with van der Waals surface area (Å²) in [4.78, 5) is 0. The molecule has 0 fully saturated rings. The normalized spacial score (nSPS) is 11.4. The molecule has 5 nitrogen and oxygen atoms in total. The van der Waals surface area contributed by atoms with E-state index >= 15 is 0 Å². The molecule has 0 aliphatic heterocycles. The third kappa shape index (κ3) is 17.8. The van der Waals surface area contributed by atoms with E-state index in [4.69, 9.17) is 18.9 Å². The molecule has 0 aliphatic rings. The van der Waals surface area contributed by atoms with Gasteiger partial charge in [0.05, 0.1) is 46.2 Å².